The van der Waals surface area contributed by atoms with E-state index in [2.05, 4.69) is 29.0 Å². The molecule has 4 nitrogen and oxygen atoms in total. The van der Waals surface area contributed by atoms with Crippen molar-refractivity contribution in [3.05, 3.63) is 23.9 Å². The fraction of sp³-hybridized carbons (Fsp3) is 0.643. The molecule has 0 saturated carbocycles. The van der Waals surface area contributed by atoms with Crippen LogP contribution in [0.1, 0.15) is 32.4 Å². The van der Waals surface area contributed by atoms with Gasteiger partial charge in [0, 0.05) is 19.6 Å². The van der Waals surface area contributed by atoms with Gasteiger partial charge >= 0.3 is 0 Å². The van der Waals surface area contributed by atoms with E-state index in [-0.39, 0.29) is 6.61 Å². The summed E-state index contributed by atoms with van der Waals surface area (Å²) in [5, 5.41) is 12.3. The first-order chi connectivity index (χ1) is 8.80. The summed E-state index contributed by atoms with van der Waals surface area (Å²) in [4.78, 5) is 6.81. The molecule has 0 aliphatic rings. The van der Waals surface area contributed by atoms with E-state index in [1.807, 2.05) is 18.2 Å². The van der Waals surface area contributed by atoms with Crippen molar-refractivity contribution in [2.45, 2.75) is 33.2 Å². The Morgan fingerprint density at radius 1 is 1.28 bits per heavy atom. The molecule has 0 spiro atoms. The van der Waals surface area contributed by atoms with Crippen LogP contribution >= 0.6 is 0 Å². The summed E-state index contributed by atoms with van der Waals surface area (Å²) < 4.78 is 0. The zero-order valence-electron chi connectivity index (χ0n) is 11.5. The number of nitrogens with one attached hydrogen (secondary N) is 1. The normalized spacial score (nSPS) is 10.9. The molecule has 0 fully saturated rings. The largest absolute Gasteiger partial charge is 0.395 e. The van der Waals surface area contributed by atoms with Crippen LogP contribution in [0.3, 0.4) is 0 Å². The standard InChI is InChI=1S/C14H25N3O/c1-3-5-9-17(10-11-18)12-13-7-6-8-14(16-13)15-4-2/h6-8,18H,3-5,9-12H2,1-2H3,(H,15,16). The van der Waals surface area contributed by atoms with E-state index in [9.17, 15) is 0 Å². The minimum atomic E-state index is 0.205. The summed E-state index contributed by atoms with van der Waals surface area (Å²) in [6.45, 7) is 7.87. The van der Waals surface area contributed by atoms with Crippen molar-refractivity contribution >= 4 is 5.82 Å². The SMILES string of the molecule is CCCCN(CCO)Cc1cccc(NCC)n1. The van der Waals surface area contributed by atoms with Gasteiger partial charge in [-0.3, -0.25) is 4.90 Å². The average molecular weight is 251 g/mol. The molecule has 2 N–H and O–H groups in total. The van der Waals surface area contributed by atoms with Crippen LogP contribution in [0.15, 0.2) is 18.2 Å². The topological polar surface area (TPSA) is 48.4 Å². The Morgan fingerprint density at radius 2 is 2.11 bits per heavy atom. The number of anilines is 1. The summed E-state index contributed by atoms with van der Waals surface area (Å²) in [7, 11) is 0. The van der Waals surface area contributed by atoms with E-state index in [4.69, 9.17) is 5.11 Å². The van der Waals surface area contributed by atoms with Gasteiger partial charge in [0.05, 0.1) is 12.3 Å². The second-order valence-electron chi connectivity index (χ2n) is 4.40. The van der Waals surface area contributed by atoms with Crippen LogP contribution in [0.5, 0.6) is 0 Å². The third-order valence-electron chi connectivity index (χ3n) is 2.79. The molecule has 18 heavy (non-hydrogen) atoms. The third kappa shape index (κ3) is 5.47. The molecule has 0 unspecified atom stereocenters. The van der Waals surface area contributed by atoms with Gasteiger partial charge in [0.15, 0.2) is 0 Å². The molecule has 1 rings (SSSR count). The molecule has 0 radical (unpaired) electrons. The Kier molecular flexibility index (Phi) is 7.37. The molecule has 1 aromatic heterocycles. The lowest BCUT2D eigenvalue weighted by molar-refractivity contribution is 0.187. The summed E-state index contributed by atoms with van der Waals surface area (Å²) in [5.74, 6) is 0.925. The molecular formula is C14H25N3O. The van der Waals surface area contributed by atoms with Gasteiger partial charge in [0.2, 0.25) is 0 Å². The van der Waals surface area contributed by atoms with Crippen molar-refractivity contribution in [3.63, 3.8) is 0 Å². The van der Waals surface area contributed by atoms with Crippen LogP contribution in [0, 0.1) is 0 Å². The highest BCUT2D eigenvalue weighted by atomic mass is 16.3. The number of hydrogen-bond donors (Lipinski definition) is 2. The van der Waals surface area contributed by atoms with Crippen LogP contribution in [0.4, 0.5) is 5.82 Å². The summed E-state index contributed by atoms with van der Waals surface area (Å²) in [5.41, 5.74) is 1.05. The Bertz CT molecular complexity index is 331. The van der Waals surface area contributed by atoms with Crippen LogP contribution in [0.2, 0.25) is 0 Å². The highest BCUT2D eigenvalue weighted by molar-refractivity contribution is 5.34. The van der Waals surface area contributed by atoms with Crippen LogP contribution in [-0.2, 0) is 6.54 Å². The minimum Gasteiger partial charge on any atom is -0.395 e. The average Bonchev–Trinajstić information content (AvgIpc) is 2.37. The maximum Gasteiger partial charge on any atom is 0.126 e. The van der Waals surface area contributed by atoms with Crippen LogP contribution in [-0.4, -0.2) is 41.2 Å². The molecule has 1 heterocycles. The van der Waals surface area contributed by atoms with Crippen LogP contribution < -0.4 is 5.32 Å². The number of aromatic nitrogens is 1. The Labute approximate surface area is 110 Å². The van der Waals surface area contributed by atoms with E-state index in [1.54, 1.807) is 0 Å². The van der Waals surface area contributed by atoms with Crippen molar-refractivity contribution in [3.8, 4) is 0 Å². The van der Waals surface area contributed by atoms with E-state index >= 15 is 0 Å². The molecule has 0 bridgehead atoms. The second-order valence-corrected chi connectivity index (χ2v) is 4.40. The zero-order chi connectivity index (χ0) is 13.2. The molecule has 4 heteroatoms. The number of aliphatic hydroxyl groups is 1. The predicted molar refractivity (Wildman–Crippen MR) is 75.7 cm³/mol. The molecule has 0 aromatic carbocycles. The van der Waals surface area contributed by atoms with Gasteiger partial charge in [-0.15, -0.1) is 0 Å². The fourth-order valence-electron chi connectivity index (χ4n) is 1.87. The fourth-order valence-corrected chi connectivity index (χ4v) is 1.87. The van der Waals surface area contributed by atoms with E-state index in [1.165, 1.54) is 6.42 Å². The molecule has 0 aliphatic heterocycles. The zero-order valence-corrected chi connectivity index (χ0v) is 11.5. The van der Waals surface area contributed by atoms with Crippen molar-refractivity contribution in [1.82, 2.24) is 9.88 Å². The van der Waals surface area contributed by atoms with Gasteiger partial charge in [-0.25, -0.2) is 4.98 Å². The molecule has 0 amide bonds. The Hall–Kier alpha value is -1.13. The highest BCUT2D eigenvalue weighted by Gasteiger charge is 2.06. The lowest BCUT2D eigenvalue weighted by Gasteiger charge is -2.20. The van der Waals surface area contributed by atoms with Crippen molar-refractivity contribution in [2.75, 3.05) is 31.6 Å². The minimum absolute atomic E-state index is 0.205. The second kappa shape index (κ2) is 8.89. The first-order valence-electron chi connectivity index (χ1n) is 6.83. The van der Waals surface area contributed by atoms with Crippen LogP contribution in [0.25, 0.3) is 0 Å². The van der Waals surface area contributed by atoms with Gasteiger partial charge in [-0.1, -0.05) is 19.4 Å². The number of aliphatic hydroxyl groups excluding tert-OH is 1. The van der Waals surface area contributed by atoms with Gasteiger partial charge in [-0.2, -0.15) is 0 Å². The van der Waals surface area contributed by atoms with Gasteiger partial charge in [0.25, 0.3) is 0 Å². The van der Waals surface area contributed by atoms with Crippen molar-refractivity contribution in [2.24, 2.45) is 0 Å². The van der Waals surface area contributed by atoms with Gasteiger partial charge < -0.3 is 10.4 Å². The molecular weight excluding hydrogens is 226 g/mol. The maximum absolute atomic E-state index is 9.08. The predicted octanol–water partition coefficient (Wildman–Crippen LogP) is 2.11. The number of pyridine rings is 1. The first kappa shape index (κ1) is 14.9. The Balaban J connectivity index is 2.58. The summed E-state index contributed by atoms with van der Waals surface area (Å²) in [6.07, 6.45) is 2.33. The molecule has 0 aliphatic carbocycles. The van der Waals surface area contributed by atoms with Gasteiger partial charge in [0.1, 0.15) is 5.82 Å². The number of unbranched alkanes of at least 4 members (excludes halogenated alkanes) is 1. The molecule has 0 saturated heterocycles. The maximum atomic E-state index is 9.08. The monoisotopic (exact) mass is 251 g/mol. The van der Waals surface area contributed by atoms with Gasteiger partial charge in [-0.05, 0) is 32.0 Å². The smallest absolute Gasteiger partial charge is 0.126 e. The summed E-state index contributed by atoms with van der Waals surface area (Å²) >= 11 is 0. The first-order valence-corrected chi connectivity index (χ1v) is 6.83. The Morgan fingerprint density at radius 3 is 2.78 bits per heavy atom. The number of hydrogen-bond acceptors (Lipinski definition) is 4. The van der Waals surface area contributed by atoms with Crippen molar-refractivity contribution in [1.29, 1.82) is 0 Å². The van der Waals surface area contributed by atoms with E-state index in [0.717, 1.165) is 37.6 Å². The lowest BCUT2D eigenvalue weighted by atomic mass is 10.2. The summed E-state index contributed by atoms with van der Waals surface area (Å²) in [6, 6.07) is 6.05. The van der Waals surface area contributed by atoms with E-state index in [0.29, 0.717) is 6.54 Å². The quantitative estimate of drug-likeness (QED) is 0.705. The molecule has 1 aromatic rings. The highest BCUT2D eigenvalue weighted by Crippen LogP contribution is 2.08. The van der Waals surface area contributed by atoms with E-state index < -0.39 is 0 Å². The third-order valence-corrected chi connectivity index (χ3v) is 2.79. The lowest BCUT2D eigenvalue weighted by Crippen LogP contribution is -2.28. The molecule has 102 valence electrons. The molecule has 0 atom stereocenters. The van der Waals surface area contributed by atoms with Crippen molar-refractivity contribution < 1.29 is 5.11 Å². The number of nitrogens with zero attached hydrogens (tertiary/aromatic N) is 2. The number of rotatable bonds is 9.